The molecule has 5 heteroatoms. The van der Waals surface area contributed by atoms with E-state index < -0.39 is 6.43 Å². The average Bonchev–Trinajstić information content (AvgIpc) is 2.59. The lowest BCUT2D eigenvalue weighted by Gasteiger charge is -2.13. The van der Waals surface area contributed by atoms with Crippen molar-refractivity contribution in [2.45, 2.75) is 38.1 Å². The van der Waals surface area contributed by atoms with E-state index in [-0.39, 0.29) is 11.7 Å². The average molecular weight is 267 g/mol. The molecule has 0 aliphatic heterocycles. The van der Waals surface area contributed by atoms with Gasteiger partial charge in [0.05, 0.1) is 6.20 Å². The van der Waals surface area contributed by atoms with Crippen LogP contribution in [0.2, 0.25) is 0 Å². The predicted octanol–water partition coefficient (Wildman–Crippen LogP) is 3.69. The molecule has 0 saturated heterocycles. The van der Waals surface area contributed by atoms with Crippen molar-refractivity contribution in [3.8, 4) is 0 Å². The molecule has 0 aromatic carbocycles. The monoisotopic (exact) mass is 266 g/mol. The Bertz CT molecular complexity index is 299. The Morgan fingerprint density at radius 2 is 2.21 bits per heavy atom. The van der Waals surface area contributed by atoms with Crippen molar-refractivity contribution in [2.24, 2.45) is 0 Å². The summed E-state index contributed by atoms with van der Waals surface area (Å²) in [6.07, 6.45) is -0.162. The normalized spacial score (nSPS) is 13.6. The smallest absolute Gasteiger partial charge is 0.261 e. The van der Waals surface area contributed by atoms with E-state index in [1.807, 2.05) is 13.8 Å². The summed E-state index contributed by atoms with van der Waals surface area (Å²) in [6, 6.07) is 0.0202. The maximum atomic E-state index is 12.7. The summed E-state index contributed by atoms with van der Waals surface area (Å²) in [5.41, 5.74) is 0.608. The van der Waals surface area contributed by atoms with Gasteiger partial charge in [-0.2, -0.15) is 5.10 Å². The maximum Gasteiger partial charge on any atom is 0.280 e. The molecule has 0 spiro atoms. The zero-order valence-corrected chi connectivity index (χ0v) is 9.76. The Hall–Kier alpha value is -0.450. The molecule has 0 fully saturated rings. The minimum Gasteiger partial charge on any atom is -0.261 e. The third-order valence-corrected chi connectivity index (χ3v) is 2.88. The molecule has 0 aliphatic rings. The first-order chi connectivity index (χ1) is 6.61. The van der Waals surface area contributed by atoms with Crippen LogP contribution in [0, 0.1) is 0 Å². The molecule has 0 bridgehead atoms. The lowest BCUT2D eigenvalue weighted by atomic mass is 10.2. The summed E-state index contributed by atoms with van der Waals surface area (Å²) in [4.78, 5) is 0. The number of hydrogen-bond acceptors (Lipinski definition) is 1. The first-order valence-electron chi connectivity index (χ1n) is 4.52. The fraction of sp³-hybridized carbons (Fsp3) is 0.667. The quantitative estimate of drug-likeness (QED) is 0.761. The van der Waals surface area contributed by atoms with Crippen molar-refractivity contribution in [1.82, 2.24) is 9.78 Å². The van der Waals surface area contributed by atoms with E-state index in [0.29, 0.717) is 10.9 Å². The van der Waals surface area contributed by atoms with Crippen LogP contribution in [0.25, 0.3) is 0 Å². The second-order valence-electron chi connectivity index (χ2n) is 3.19. The molecule has 0 N–H and O–H groups in total. The van der Waals surface area contributed by atoms with Crippen molar-refractivity contribution >= 4 is 15.9 Å². The van der Waals surface area contributed by atoms with Crippen LogP contribution in [0.4, 0.5) is 8.78 Å². The Balaban J connectivity index is 3.10. The molecule has 1 rings (SSSR count). The SMILES string of the molecule is CCC(C)n1ncc(CBr)c1C(F)F. The molecule has 14 heavy (non-hydrogen) atoms. The van der Waals surface area contributed by atoms with Gasteiger partial charge in [-0.3, -0.25) is 4.68 Å². The van der Waals surface area contributed by atoms with E-state index in [1.54, 1.807) is 0 Å². The predicted molar refractivity (Wildman–Crippen MR) is 54.8 cm³/mol. The van der Waals surface area contributed by atoms with E-state index in [2.05, 4.69) is 21.0 Å². The third-order valence-electron chi connectivity index (χ3n) is 2.27. The first kappa shape index (κ1) is 11.6. The molecule has 2 nitrogen and oxygen atoms in total. The van der Waals surface area contributed by atoms with Gasteiger partial charge in [0, 0.05) is 16.9 Å². The molecular formula is C9H13BrF2N2. The fourth-order valence-corrected chi connectivity index (χ4v) is 1.71. The van der Waals surface area contributed by atoms with Gasteiger partial charge < -0.3 is 0 Å². The summed E-state index contributed by atoms with van der Waals surface area (Å²) < 4.78 is 26.9. The standard InChI is InChI=1S/C9H13BrF2N2/c1-3-6(2)14-8(9(11)12)7(4-10)5-13-14/h5-6,9H,3-4H2,1-2H3. The lowest BCUT2D eigenvalue weighted by Crippen LogP contribution is -2.10. The van der Waals surface area contributed by atoms with Crippen LogP contribution >= 0.6 is 15.9 Å². The van der Waals surface area contributed by atoms with E-state index in [9.17, 15) is 8.78 Å². The first-order valence-corrected chi connectivity index (χ1v) is 5.64. The maximum absolute atomic E-state index is 12.7. The highest BCUT2D eigenvalue weighted by Gasteiger charge is 2.21. The number of halogens is 3. The van der Waals surface area contributed by atoms with Crippen LogP contribution in [0.15, 0.2) is 6.20 Å². The van der Waals surface area contributed by atoms with Gasteiger partial charge in [-0.25, -0.2) is 8.78 Å². The Kier molecular flexibility index (Phi) is 4.04. The highest BCUT2D eigenvalue weighted by atomic mass is 79.9. The Labute approximate surface area is 90.4 Å². The molecule has 1 heterocycles. The minimum atomic E-state index is -2.46. The molecule has 1 aromatic heterocycles. The van der Waals surface area contributed by atoms with Gasteiger partial charge in [0.2, 0.25) is 0 Å². The highest BCUT2D eigenvalue weighted by molar-refractivity contribution is 9.08. The second kappa shape index (κ2) is 4.87. The van der Waals surface area contributed by atoms with Crippen LogP contribution in [-0.4, -0.2) is 9.78 Å². The van der Waals surface area contributed by atoms with E-state index in [4.69, 9.17) is 0 Å². The van der Waals surface area contributed by atoms with E-state index in [0.717, 1.165) is 6.42 Å². The van der Waals surface area contributed by atoms with Crippen LogP contribution in [-0.2, 0) is 5.33 Å². The van der Waals surface area contributed by atoms with Crippen molar-refractivity contribution in [3.05, 3.63) is 17.5 Å². The molecule has 1 unspecified atom stereocenters. The van der Waals surface area contributed by atoms with Crippen LogP contribution in [0.3, 0.4) is 0 Å². The zero-order valence-electron chi connectivity index (χ0n) is 8.17. The van der Waals surface area contributed by atoms with E-state index in [1.165, 1.54) is 10.9 Å². The molecule has 0 aliphatic carbocycles. The van der Waals surface area contributed by atoms with Crippen molar-refractivity contribution in [2.75, 3.05) is 0 Å². The van der Waals surface area contributed by atoms with Gasteiger partial charge in [0.1, 0.15) is 5.69 Å². The van der Waals surface area contributed by atoms with Gasteiger partial charge in [-0.15, -0.1) is 0 Å². The summed E-state index contributed by atoms with van der Waals surface area (Å²) in [6.45, 7) is 3.84. The largest absolute Gasteiger partial charge is 0.280 e. The number of rotatable bonds is 4. The van der Waals surface area contributed by atoms with E-state index >= 15 is 0 Å². The summed E-state index contributed by atoms with van der Waals surface area (Å²) >= 11 is 3.17. The molecule has 0 saturated carbocycles. The topological polar surface area (TPSA) is 17.8 Å². The van der Waals surface area contributed by atoms with Gasteiger partial charge in [0.15, 0.2) is 0 Å². The molecule has 80 valence electrons. The number of hydrogen-bond donors (Lipinski definition) is 0. The summed E-state index contributed by atoms with van der Waals surface area (Å²) in [5.74, 6) is 0. The number of aromatic nitrogens is 2. The van der Waals surface area contributed by atoms with Crippen molar-refractivity contribution in [3.63, 3.8) is 0 Å². The van der Waals surface area contributed by atoms with Crippen LogP contribution in [0.1, 0.15) is 44.0 Å². The minimum absolute atomic E-state index is 0.0202. The highest BCUT2D eigenvalue weighted by Crippen LogP contribution is 2.27. The summed E-state index contributed by atoms with van der Waals surface area (Å²) in [5, 5.41) is 4.41. The van der Waals surface area contributed by atoms with Crippen molar-refractivity contribution < 1.29 is 8.78 Å². The molecular weight excluding hydrogens is 254 g/mol. The number of alkyl halides is 3. The molecule has 1 atom stereocenters. The Morgan fingerprint density at radius 1 is 1.57 bits per heavy atom. The van der Waals surface area contributed by atoms with Crippen LogP contribution < -0.4 is 0 Å². The van der Waals surface area contributed by atoms with Crippen LogP contribution in [0.5, 0.6) is 0 Å². The Morgan fingerprint density at radius 3 is 2.64 bits per heavy atom. The summed E-state index contributed by atoms with van der Waals surface area (Å²) in [7, 11) is 0. The molecule has 1 aromatic rings. The lowest BCUT2D eigenvalue weighted by molar-refractivity contribution is 0.135. The van der Waals surface area contributed by atoms with Gasteiger partial charge >= 0.3 is 0 Å². The van der Waals surface area contributed by atoms with Gasteiger partial charge in [0.25, 0.3) is 6.43 Å². The van der Waals surface area contributed by atoms with Gasteiger partial charge in [-0.05, 0) is 13.3 Å². The molecule has 0 amide bonds. The third kappa shape index (κ3) is 2.13. The second-order valence-corrected chi connectivity index (χ2v) is 3.75. The number of nitrogens with zero attached hydrogens (tertiary/aromatic N) is 2. The van der Waals surface area contributed by atoms with Gasteiger partial charge in [-0.1, -0.05) is 22.9 Å². The molecule has 0 radical (unpaired) electrons. The fourth-order valence-electron chi connectivity index (χ4n) is 1.27. The zero-order chi connectivity index (χ0) is 10.7. The van der Waals surface area contributed by atoms with Crippen molar-refractivity contribution in [1.29, 1.82) is 0 Å².